The molecule has 0 aromatic carbocycles. The van der Waals surface area contributed by atoms with Gasteiger partial charge in [-0.25, -0.2) is 0 Å². The van der Waals surface area contributed by atoms with Crippen LogP contribution < -0.4 is 0 Å². The van der Waals surface area contributed by atoms with Crippen molar-refractivity contribution in [2.24, 2.45) is 0 Å². The standard InChI is InChI=1S/C41H70O12S/c1-3-5-7-9-11-12-13-14-15-16-17-18-19-20-21-22-24-25-27-29-36(42)50-31-34(52-37(43)30-28-26-23-10-8-6-4-2)32-51-41-40(46)39(45)38(44)35(53-41)33-54(47,48)49/h11-12,14-15,17-18,20-21,34-35,38-41,44-46H,3-10,13,16,19,22-33H2,1-2H3,(H,47,48,49)/b12-11+,15-14+,18-17+,21-20+/t34-,35+,38+,39?,40?,41-/m1/s1. The lowest BCUT2D eigenvalue weighted by molar-refractivity contribution is -0.297. The van der Waals surface area contributed by atoms with Crippen LogP contribution in [0.1, 0.15) is 142 Å². The first-order valence-electron chi connectivity index (χ1n) is 20.2. The van der Waals surface area contributed by atoms with Gasteiger partial charge in [0.25, 0.3) is 10.1 Å². The van der Waals surface area contributed by atoms with Crippen molar-refractivity contribution >= 4 is 22.1 Å². The molecule has 4 N–H and O–H groups in total. The number of rotatable bonds is 32. The van der Waals surface area contributed by atoms with Crippen molar-refractivity contribution < 1.29 is 56.8 Å². The van der Waals surface area contributed by atoms with E-state index in [9.17, 15) is 37.9 Å². The maximum Gasteiger partial charge on any atom is 0.306 e. The van der Waals surface area contributed by atoms with Gasteiger partial charge in [0.15, 0.2) is 12.4 Å². The number of unbranched alkanes of at least 4 members (excludes halogenated alkanes) is 12. The highest BCUT2D eigenvalue weighted by Gasteiger charge is 2.46. The molecule has 1 rings (SSSR count). The molecule has 12 nitrogen and oxygen atoms in total. The summed E-state index contributed by atoms with van der Waals surface area (Å²) < 4.78 is 53.7. The van der Waals surface area contributed by atoms with Crippen molar-refractivity contribution in [2.45, 2.75) is 179 Å². The molecule has 0 bridgehead atoms. The molecule has 13 heteroatoms. The zero-order valence-corrected chi connectivity index (χ0v) is 33.6. The smallest absolute Gasteiger partial charge is 0.306 e. The van der Waals surface area contributed by atoms with Crippen LogP contribution in [0, 0.1) is 0 Å². The zero-order chi connectivity index (χ0) is 39.9. The fraction of sp³-hybridized carbons (Fsp3) is 0.756. The average Bonchev–Trinajstić information content (AvgIpc) is 3.13. The second-order valence-electron chi connectivity index (χ2n) is 14.0. The Balaban J connectivity index is 2.45. The summed E-state index contributed by atoms with van der Waals surface area (Å²) in [6.07, 6.45) is 26.3. The molecule has 0 aromatic rings. The number of ether oxygens (including phenoxy) is 4. The Kier molecular flexibility index (Phi) is 29.2. The summed E-state index contributed by atoms with van der Waals surface area (Å²) in [5, 5.41) is 30.7. The molecule has 54 heavy (non-hydrogen) atoms. The van der Waals surface area contributed by atoms with E-state index in [4.69, 9.17) is 18.9 Å². The van der Waals surface area contributed by atoms with Crippen molar-refractivity contribution in [3.63, 3.8) is 0 Å². The van der Waals surface area contributed by atoms with Gasteiger partial charge in [-0.2, -0.15) is 8.42 Å². The van der Waals surface area contributed by atoms with Crippen LogP contribution in [-0.4, -0.2) is 96.0 Å². The normalized spacial score (nSPS) is 21.5. The molecule has 1 fully saturated rings. The van der Waals surface area contributed by atoms with Gasteiger partial charge in [0, 0.05) is 12.8 Å². The lowest BCUT2D eigenvalue weighted by Gasteiger charge is -2.40. The Labute approximate surface area is 324 Å². The van der Waals surface area contributed by atoms with Gasteiger partial charge in [-0.3, -0.25) is 14.1 Å². The molecule has 1 aliphatic heterocycles. The molecule has 312 valence electrons. The van der Waals surface area contributed by atoms with Gasteiger partial charge in [-0.15, -0.1) is 0 Å². The van der Waals surface area contributed by atoms with Crippen LogP contribution in [0.25, 0.3) is 0 Å². The van der Waals surface area contributed by atoms with Crippen LogP contribution in [0.3, 0.4) is 0 Å². The van der Waals surface area contributed by atoms with Crippen molar-refractivity contribution in [1.29, 1.82) is 0 Å². The molecular weight excluding hydrogens is 717 g/mol. The summed E-state index contributed by atoms with van der Waals surface area (Å²) >= 11 is 0. The number of aliphatic hydroxyl groups excluding tert-OH is 3. The van der Waals surface area contributed by atoms with E-state index in [-0.39, 0.29) is 19.4 Å². The number of allylic oxidation sites excluding steroid dienone is 8. The van der Waals surface area contributed by atoms with Crippen LogP contribution >= 0.6 is 0 Å². The van der Waals surface area contributed by atoms with E-state index in [2.05, 4.69) is 62.5 Å². The van der Waals surface area contributed by atoms with Gasteiger partial charge >= 0.3 is 11.9 Å². The first-order valence-corrected chi connectivity index (χ1v) is 21.8. The molecule has 6 atom stereocenters. The van der Waals surface area contributed by atoms with Crippen molar-refractivity contribution in [3.8, 4) is 0 Å². The van der Waals surface area contributed by atoms with E-state index in [0.29, 0.717) is 12.8 Å². The molecule has 1 aliphatic rings. The summed E-state index contributed by atoms with van der Waals surface area (Å²) in [5.41, 5.74) is 0. The second-order valence-corrected chi connectivity index (χ2v) is 15.4. The van der Waals surface area contributed by atoms with Crippen LogP contribution in [0.4, 0.5) is 0 Å². The molecule has 0 radical (unpaired) electrons. The number of hydrogen-bond acceptors (Lipinski definition) is 11. The van der Waals surface area contributed by atoms with E-state index in [0.717, 1.165) is 70.6 Å². The highest BCUT2D eigenvalue weighted by molar-refractivity contribution is 7.85. The van der Waals surface area contributed by atoms with Crippen LogP contribution in [-0.2, 0) is 38.7 Å². The molecule has 1 heterocycles. The lowest BCUT2D eigenvalue weighted by Crippen LogP contribution is -2.60. The number of hydrogen-bond donors (Lipinski definition) is 4. The Bertz CT molecular complexity index is 1200. The second kappa shape index (κ2) is 31.8. The van der Waals surface area contributed by atoms with Crippen molar-refractivity contribution in [1.82, 2.24) is 0 Å². The molecule has 0 aliphatic carbocycles. The Hall–Kier alpha value is -2.39. The highest BCUT2D eigenvalue weighted by atomic mass is 32.2. The summed E-state index contributed by atoms with van der Waals surface area (Å²) in [5.74, 6) is -2.04. The van der Waals surface area contributed by atoms with Crippen LogP contribution in [0.15, 0.2) is 48.6 Å². The van der Waals surface area contributed by atoms with E-state index < -0.39 is 71.2 Å². The molecular formula is C41H70O12S. The first kappa shape index (κ1) is 49.6. The SMILES string of the molecule is CCCCC/C=C/C/C=C/C/C=C/C/C=C/CCCCCC(=O)OC[C@H](CO[C@@H]1O[C@@H](CS(=O)(=O)O)[C@H](O)C(O)C1O)OC(=O)CCCCCCCCC. The third-order valence-electron chi connectivity index (χ3n) is 8.91. The van der Waals surface area contributed by atoms with Crippen molar-refractivity contribution in [2.75, 3.05) is 19.0 Å². The molecule has 2 unspecified atom stereocenters. The minimum Gasteiger partial charge on any atom is -0.462 e. The summed E-state index contributed by atoms with van der Waals surface area (Å²) in [7, 11) is -4.60. The van der Waals surface area contributed by atoms with Gasteiger partial charge in [0.1, 0.15) is 36.8 Å². The van der Waals surface area contributed by atoms with Gasteiger partial charge in [-0.1, -0.05) is 120 Å². The number of carbonyl (C=O) groups is 2. The van der Waals surface area contributed by atoms with E-state index in [1.165, 1.54) is 32.1 Å². The molecule has 0 saturated carbocycles. The van der Waals surface area contributed by atoms with E-state index in [1.54, 1.807) is 0 Å². The fourth-order valence-electron chi connectivity index (χ4n) is 5.72. The minimum absolute atomic E-state index is 0.154. The number of aliphatic hydroxyl groups is 3. The van der Waals surface area contributed by atoms with Gasteiger partial charge in [-0.05, 0) is 57.8 Å². The number of carbonyl (C=O) groups excluding carboxylic acids is 2. The monoisotopic (exact) mass is 786 g/mol. The maximum atomic E-state index is 12.6. The lowest BCUT2D eigenvalue weighted by atomic mass is 10.00. The topological polar surface area (TPSA) is 186 Å². The molecule has 1 saturated heterocycles. The largest absolute Gasteiger partial charge is 0.462 e. The Morgan fingerprint density at radius 2 is 1.11 bits per heavy atom. The van der Waals surface area contributed by atoms with Gasteiger partial charge in [0.2, 0.25) is 0 Å². The first-order chi connectivity index (χ1) is 26.0. The molecule has 0 amide bonds. The third-order valence-corrected chi connectivity index (χ3v) is 9.66. The quantitative estimate of drug-likeness (QED) is 0.0233. The van der Waals surface area contributed by atoms with E-state index >= 15 is 0 Å². The Morgan fingerprint density at radius 1 is 0.630 bits per heavy atom. The van der Waals surface area contributed by atoms with Gasteiger partial charge < -0.3 is 34.3 Å². The van der Waals surface area contributed by atoms with Crippen LogP contribution in [0.5, 0.6) is 0 Å². The minimum atomic E-state index is -4.60. The molecule has 0 spiro atoms. The average molecular weight is 787 g/mol. The highest BCUT2D eigenvalue weighted by Crippen LogP contribution is 2.24. The van der Waals surface area contributed by atoms with Crippen LogP contribution in [0.2, 0.25) is 0 Å². The van der Waals surface area contributed by atoms with E-state index in [1.807, 2.05) is 0 Å². The predicted octanol–water partition coefficient (Wildman–Crippen LogP) is 7.22. The fourth-order valence-corrected chi connectivity index (χ4v) is 6.41. The Morgan fingerprint density at radius 3 is 1.69 bits per heavy atom. The molecule has 0 aromatic heterocycles. The summed E-state index contributed by atoms with van der Waals surface area (Å²) in [6, 6.07) is 0. The van der Waals surface area contributed by atoms with Crippen molar-refractivity contribution in [3.05, 3.63) is 48.6 Å². The maximum absolute atomic E-state index is 12.6. The van der Waals surface area contributed by atoms with Gasteiger partial charge in [0.05, 0.1) is 6.61 Å². The summed E-state index contributed by atoms with van der Waals surface area (Å²) in [4.78, 5) is 25.1. The predicted molar refractivity (Wildman–Crippen MR) is 210 cm³/mol. The zero-order valence-electron chi connectivity index (χ0n) is 32.8. The third kappa shape index (κ3) is 26.4. The number of esters is 2. The summed E-state index contributed by atoms with van der Waals surface area (Å²) in [6.45, 7) is 3.61.